The van der Waals surface area contributed by atoms with Gasteiger partial charge in [-0.3, -0.25) is 5.32 Å². The van der Waals surface area contributed by atoms with Crippen molar-refractivity contribution in [2.75, 3.05) is 26.4 Å². The maximum absolute atomic E-state index is 6.30. The van der Waals surface area contributed by atoms with Crippen molar-refractivity contribution in [3.63, 3.8) is 0 Å². The van der Waals surface area contributed by atoms with Crippen LogP contribution >= 0.6 is 0 Å². The Morgan fingerprint density at radius 3 is 2.65 bits per heavy atom. The summed E-state index contributed by atoms with van der Waals surface area (Å²) in [7, 11) is 0. The number of ether oxygens (including phenoxy) is 2. The highest BCUT2D eigenvalue weighted by atomic mass is 16.5. The smallest absolute Gasteiger partial charge is 0.119 e. The van der Waals surface area contributed by atoms with Crippen molar-refractivity contribution < 1.29 is 9.47 Å². The minimum absolute atomic E-state index is 0.0151. The van der Waals surface area contributed by atoms with Crippen LogP contribution in [-0.4, -0.2) is 32.1 Å². The summed E-state index contributed by atoms with van der Waals surface area (Å²) in [4.78, 5) is 0. The minimum Gasteiger partial charge on any atom is -0.381 e. The molecule has 0 radical (unpaired) electrons. The van der Waals surface area contributed by atoms with Gasteiger partial charge in [0, 0.05) is 25.2 Å². The topological polar surface area (TPSA) is 30.5 Å². The van der Waals surface area contributed by atoms with Crippen LogP contribution in [0.15, 0.2) is 0 Å². The van der Waals surface area contributed by atoms with Crippen LogP contribution in [0.2, 0.25) is 0 Å². The van der Waals surface area contributed by atoms with Gasteiger partial charge in [0.25, 0.3) is 0 Å². The molecular weight excluding hydrogens is 214 g/mol. The highest BCUT2D eigenvalue weighted by molar-refractivity contribution is 4.95. The second-order valence-electron chi connectivity index (χ2n) is 6.45. The molecule has 3 aliphatic rings. The summed E-state index contributed by atoms with van der Waals surface area (Å²) in [6, 6.07) is 0. The molecule has 1 N–H and O–H groups in total. The highest BCUT2D eigenvalue weighted by Crippen LogP contribution is 2.41. The maximum atomic E-state index is 6.30. The average molecular weight is 239 g/mol. The quantitative estimate of drug-likeness (QED) is 0.703. The molecule has 3 fully saturated rings. The van der Waals surface area contributed by atoms with Crippen molar-refractivity contribution in [2.24, 2.45) is 11.3 Å². The van der Waals surface area contributed by atoms with Crippen LogP contribution in [0.5, 0.6) is 0 Å². The molecule has 0 aromatic carbocycles. The van der Waals surface area contributed by atoms with Gasteiger partial charge in [-0.05, 0) is 38.0 Å². The molecule has 2 aliphatic heterocycles. The number of rotatable bonds is 0. The fourth-order valence-electron chi connectivity index (χ4n) is 3.66. The summed E-state index contributed by atoms with van der Waals surface area (Å²) < 4.78 is 11.8. The van der Waals surface area contributed by atoms with Gasteiger partial charge >= 0.3 is 0 Å². The zero-order valence-corrected chi connectivity index (χ0v) is 11.0. The van der Waals surface area contributed by atoms with E-state index in [1.807, 2.05) is 0 Å². The van der Waals surface area contributed by atoms with E-state index in [0.29, 0.717) is 5.41 Å². The Labute approximate surface area is 104 Å². The standard InChI is InChI=1S/C14H25NO2/c1-12-3-2-4-14(9-12)15-10-13(11-17-14)5-7-16-8-6-13/h12,15H,2-11H2,1H3. The van der Waals surface area contributed by atoms with E-state index in [1.54, 1.807) is 0 Å². The normalized spacial score (nSPS) is 41.8. The van der Waals surface area contributed by atoms with Crippen molar-refractivity contribution in [1.82, 2.24) is 5.32 Å². The molecule has 2 atom stereocenters. The monoisotopic (exact) mass is 239 g/mol. The van der Waals surface area contributed by atoms with Gasteiger partial charge in [0.2, 0.25) is 0 Å². The maximum Gasteiger partial charge on any atom is 0.119 e. The van der Waals surface area contributed by atoms with E-state index in [4.69, 9.17) is 9.47 Å². The van der Waals surface area contributed by atoms with E-state index in [9.17, 15) is 0 Å². The zero-order chi connectivity index (χ0) is 11.8. The number of hydrogen-bond donors (Lipinski definition) is 1. The first-order valence-electron chi connectivity index (χ1n) is 7.19. The summed E-state index contributed by atoms with van der Waals surface area (Å²) in [6.45, 7) is 6.24. The Hall–Kier alpha value is -0.120. The Morgan fingerprint density at radius 1 is 1.18 bits per heavy atom. The third-order valence-electron chi connectivity index (χ3n) is 4.95. The minimum atomic E-state index is 0.0151. The van der Waals surface area contributed by atoms with Crippen LogP contribution in [0.4, 0.5) is 0 Å². The molecule has 2 unspecified atom stereocenters. The summed E-state index contributed by atoms with van der Waals surface area (Å²) in [6.07, 6.45) is 7.39. The molecule has 3 rings (SSSR count). The first kappa shape index (κ1) is 11.9. The van der Waals surface area contributed by atoms with Gasteiger partial charge in [-0.2, -0.15) is 0 Å². The van der Waals surface area contributed by atoms with Crippen LogP contribution in [-0.2, 0) is 9.47 Å². The van der Waals surface area contributed by atoms with Crippen LogP contribution in [0.1, 0.15) is 45.4 Å². The summed E-state index contributed by atoms with van der Waals surface area (Å²) in [5, 5.41) is 3.75. The molecule has 0 aromatic rings. The van der Waals surface area contributed by atoms with Crippen molar-refractivity contribution >= 4 is 0 Å². The molecule has 2 heterocycles. The van der Waals surface area contributed by atoms with Gasteiger partial charge in [-0.1, -0.05) is 13.3 Å². The first-order valence-corrected chi connectivity index (χ1v) is 7.19. The Balaban J connectivity index is 1.62. The lowest BCUT2D eigenvalue weighted by Crippen LogP contribution is -2.61. The summed E-state index contributed by atoms with van der Waals surface area (Å²) >= 11 is 0. The molecule has 2 saturated heterocycles. The van der Waals surface area contributed by atoms with Crippen molar-refractivity contribution in [2.45, 2.75) is 51.2 Å². The molecule has 0 amide bonds. The lowest BCUT2D eigenvalue weighted by atomic mass is 9.76. The van der Waals surface area contributed by atoms with Gasteiger partial charge in [0.05, 0.1) is 6.61 Å². The van der Waals surface area contributed by atoms with Gasteiger partial charge in [-0.25, -0.2) is 0 Å². The van der Waals surface area contributed by atoms with Gasteiger partial charge in [0.1, 0.15) is 5.72 Å². The molecule has 17 heavy (non-hydrogen) atoms. The molecule has 0 aromatic heterocycles. The molecule has 1 saturated carbocycles. The third kappa shape index (κ3) is 2.38. The van der Waals surface area contributed by atoms with Gasteiger partial charge in [0.15, 0.2) is 0 Å². The largest absolute Gasteiger partial charge is 0.381 e. The molecule has 1 aliphatic carbocycles. The molecule has 2 spiro atoms. The summed E-state index contributed by atoms with van der Waals surface area (Å²) in [5.74, 6) is 0.806. The van der Waals surface area contributed by atoms with Crippen LogP contribution in [0.25, 0.3) is 0 Å². The molecule has 0 bridgehead atoms. The summed E-state index contributed by atoms with van der Waals surface area (Å²) in [5.41, 5.74) is 0.380. The predicted molar refractivity (Wildman–Crippen MR) is 66.8 cm³/mol. The van der Waals surface area contributed by atoms with Crippen LogP contribution < -0.4 is 5.32 Å². The van der Waals surface area contributed by atoms with Crippen LogP contribution in [0, 0.1) is 11.3 Å². The van der Waals surface area contributed by atoms with E-state index in [0.717, 1.165) is 45.1 Å². The van der Waals surface area contributed by atoms with Gasteiger partial charge in [-0.15, -0.1) is 0 Å². The van der Waals surface area contributed by atoms with Crippen molar-refractivity contribution in [3.05, 3.63) is 0 Å². The average Bonchev–Trinajstić information content (AvgIpc) is 2.35. The molecule has 3 nitrogen and oxygen atoms in total. The van der Waals surface area contributed by atoms with E-state index < -0.39 is 0 Å². The third-order valence-corrected chi connectivity index (χ3v) is 4.95. The molecule has 3 heteroatoms. The second kappa shape index (κ2) is 4.52. The highest BCUT2D eigenvalue weighted by Gasteiger charge is 2.45. The Kier molecular flexibility index (Phi) is 3.18. The predicted octanol–water partition coefficient (Wildman–Crippen LogP) is 2.31. The van der Waals surface area contributed by atoms with Crippen molar-refractivity contribution in [1.29, 1.82) is 0 Å². The van der Waals surface area contributed by atoms with E-state index in [-0.39, 0.29) is 5.72 Å². The fourth-order valence-corrected chi connectivity index (χ4v) is 3.66. The van der Waals surface area contributed by atoms with Crippen LogP contribution in [0.3, 0.4) is 0 Å². The molecular formula is C14H25NO2. The van der Waals surface area contributed by atoms with E-state index >= 15 is 0 Å². The SMILES string of the molecule is CC1CCCC2(C1)NCC1(CCOCC1)CO2. The number of hydrogen-bond acceptors (Lipinski definition) is 3. The Bertz CT molecular complexity index is 263. The first-order chi connectivity index (χ1) is 8.22. The van der Waals surface area contributed by atoms with Gasteiger partial charge < -0.3 is 9.47 Å². The lowest BCUT2D eigenvalue weighted by Gasteiger charge is -2.51. The second-order valence-corrected chi connectivity index (χ2v) is 6.45. The van der Waals surface area contributed by atoms with E-state index in [1.165, 1.54) is 25.7 Å². The number of nitrogens with one attached hydrogen (secondary N) is 1. The molecule has 98 valence electrons. The van der Waals surface area contributed by atoms with E-state index in [2.05, 4.69) is 12.2 Å². The lowest BCUT2D eigenvalue weighted by molar-refractivity contribution is -0.183. The van der Waals surface area contributed by atoms with Crippen molar-refractivity contribution in [3.8, 4) is 0 Å². The zero-order valence-electron chi connectivity index (χ0n) is 11.0. The fraction of sp³-hybridized carbons (Fsp3) is 1.00. The Morgan fingerprint density at radius 2 is 2.00 bits per heavy atom.